The van der Waals surface area contributed by atoms with Crippen molar-refractivity contribution in [2.45, 2.75) is 32.9 Å². The first-order valence-corrected chi connectivity index (χ1v) is 7.76. The monoisotopic (exact) mass is 309 g/mol. The van der Waals surface area contributed by atoms with Crippen molar-refractivity contribution in [2.24, 2.45) is 5.92 Å². The summed E-state index contributed by atoms with van der Waals surface area (Å²) in [6, 6.07) is 2.82. The average Bonchev–Trinajstić information content (AvgIpc) is 3.00. The van der Waals surface area contributed by atoms with Crippen LogP contribution >= 0.6 is 11.3 Å². The topological polar surface area (TPSA) is 78.5 Å². The second-order valence-corrected chi connectivity index (χ2v) is 6.44. The molecule has 1 saturated heterocycles. The summed E-state index contributed by atoms with van der Waals surface area (Å²) in [5.41, 5.74) is 0. The van der Waals surface area contributed by atoms with Crippen LogP contribution in [0.25, 0.3) is 0 Å². The Hall–Kier alpha value is -1.89. The highest BCUT2D eigenvalue weighted by Crippen LogP contribution is 2.14. The summed E-state index contributed by atoms with van der Waals surface area (Å²) < 4.78 is 0. The molecule has 7 heteroatoms. The van der Waals surface area contributed by atoms with Gasteiger partial charge >= 0.3 is 6.03 Å². The van der Waals surface area contributed by atoms with Crippen molar-refractivity contribution in [1.82, 2.24) is 15.5 Å². The minimum absolute atomic E-state index is 0.232. The van der Waals surface area contributed by atoms with Crippen molar-refractivity contribution in [2.75, 3.05) is 6.54 Å². The first-order valence-electron chi connectivity index (χ1n) is 6.88. The quantitative estimate of drug-likeness (QED) is 0.778. The molecule has 0 saturated carbocycles. The van der Waals surface area contributed by atoms with Gasteiger partial charge in [-0.2, -0.15) is 0 Å². The molecule has 0 bridgehead atoms. The Morgan fingerprint density at radius 1 is 1.48 bits per heavy atom. The molecule has 1 aliphatic rings. The fourth-order valence-corrected chi connectivity index (χ4v) is 2.80. The van der Waals surface area contributed by atoms with Gasteiger partial charge in [0.05, 0.1) is 6.54 Å². The molecule has 2 N–H and O–H groups in total. The Balaban J connectivity index is 1.85. The zero-order chi connectivity index (χ0) is 15.4. The van der Waals surface area contributed by atoms with E-state index in [-0.39, 0.29) is 18.4 Å². The van der Waals surface area contributed by atoms with Gasteiger partial charge in [0.1, 0.15) is 12.6 Å². The smallest absolute Gasteiger partial charge is 0.325 e. The van der Waals surface area contributed by atoms with Gasteiger partial charge in [0, 0.05) is 4.88 Å². The van der Waals surface area contributed by atoms with E-state index in [1.807, 2.05) is 31.4 Å². The van der Waals surface area contributed by atoms with Gasteiger partial charge in [-0.15, -0.1) is 11.3 Å². The molecule has 1 atom stereocenters. The Morgan fingerprint density at radius 3 is 2.86 bits per heavy atom. The molecule has 21 heavy (non-hydrogen) atoms. The molecule has 1 fully saturated rings. The largest absolute Gasteiger partial charge is 0.350 e. The van der Waals surface area contributed by atoms with Crippen LogP contribution in [0.2, 0.25) is 0 Å². The molecular formula is C14H19N3O3S. The number of thiophene rings is 1. The molecule has 0 aromatic carbocycles. The van der Waals surface area contributed by atoms with Crippen molar-refractivity contribution < 1.29 is 14.4 Å². The highest BCUT2D eigenvalue weighted by molar-refractivity contribution is 7.09. The predicted molar refractivity (Wildman–Crippen MR) is 79.7 cm³/mol. The number of nitrogens with one attached hydrogen (secondary N) is 2. The number of imide groups is 1. The van der Waals surface area contributed by atoms with Gasteiger partial charge in [-0.05, 0) is 23.8 Å². The highest BCUT2D eigenvalue weighted by Gasteiger charge is 2.38. The van der Waals surface area contributed by atoms with Crippen molar-refractivity contribution in [3.05, 3.63) is 22.4 Å². The van der Waals surface area contributed by atoms with E-state index in [9.17, 15) is 14.4 Å². The van der Waals surface area contributed by atoms with Crippen molar-refractivity contribution in [1.29, 1.82) is 0 Å². The number of hydrogen-bond donors (Lipinski definition) is 2. The maximum Gasteiger partial charge on any atom is 0.325 e. The molecule has 2 rings (SSSR count). The van der Waals surface area contributed by atoms with Crippen molar-refractivity contribution in [3.8, 4) is 0 Å². The third-order valence-corrected chi connectivity index (χ3v) is 4.03. The van der Waals surface area contributed by atoms with Crippen LogP contribution in [0.1, 0.15) is 25.1 Å². The molecule has 1 aromatic heterocycles. The standard InChI is InChI=1S/C14H19N3O3S/c1-9(2)6-11-13(19)17(14(20)16-11)8-12(18)15-7-10-4-3-5-21-10/h3-5,9,11H,6-8H2,1-2H3,(H,15,18)(H,16,20)/t11-/m1/s1. The molecule has 0 spiro atoms. The number of carbonyl (C=O) groups is 3. The number of amides is 4. The van der Waals surface area contributed by atoms with Gasteiger partial charge < -0.3 is 10.6 Å². The second kappa shape index (κ2) is 6.71. The summed E-state index contributed by atoms with van der Waals surface area (Å²) >= 11 is 1.54. The second-order valence-electron chi connectivity index (χ2n) is 5.41. The Labute approximate surface area is 127 Å². The van der Waals surface area contributed by atoms with Crippen LogP contribution in [0, 0.1) is 5.92 Å². The van der Waals surface area contributed by atoms with E-state index in [1.54, 1.807) is 11.3 Å². The van der Waals surface area contributed by atoms with Gasteiger partial charge in [-0.1, -0.05) is 19.9 Å². The van der Waals surface area contributed by atoms with E-state index in [4.69, 9.17) is 0 Å². The lowest BCUT2D eigenvalue weighted by molar-refractivity contribution is -0.132. The summed E-state index contributed by atoms with van der Waals surface area (Å²) in [6.07, 6.45) is 0.581. The molecule has 0 aliphatic carbocycles. The van der Waals surface area contributed by atoms with Crippen LogP contribution in [0.15, 0.2) is 17.5 Å². The van der Waals surface area contributed by atoms with E-state index < -0.39 is 12.1 Å². The van der Waals surface area contributed by atoms with Crippen LogP contribution in [0.5, 0.6) is 0 Å². The highest BCUT2D eigenvalue weighted by atomic mass is 32.1. The number of rotatable bonds is 6. The maximum atomic E-state index is 12.1. The lowest BCUT2D eigenvalue weighted by Crippen LogP contribution is -2.41. The molecule has 0 radical (unpaired) electrons. The Morgan fingerprint density at radius 2 is 2.24 bits per heavy atom. The lowest BCUT2D eigenvalue weighted by atomic mass is 10.0. The van der Waals surface area contributed by atoms with E-state index in [1.165, 1.54) is 0 Å². The van der Waals surface area contributed by atoms with Crippen molar-refractivity contribution in [3.63, 3.8) is 0 Å². The zero-order valence-corrected chi connectivity index (χ0v) is 12.9. The summed E-state index contributed by atoms with van der Waals surface area (Å²) in [7, 11) is 0. The van der Waals surface area contributed by atoms with Crippen LogP contribution in [0.3, 0.4) is 0 Å². The maximum absolute atomic E-state index is 12.1. The van der Waals surface area contributed by atoms with Crippen LogP contribution in [-0.2, 0) is 16.1 Å². The van der Waals surface area contributed by atoms with E-state index in [0.717, 1.165) is 9.78 Å². The average molecular weight is 309 g/mol. The van der Waals surface area contributed by atoms with Crippen LogP contribution < -0.4 is 10.6 Å². The molecule has 1 aliphatic heterocycles. The number of urea groups is 1. The van der Waals surface area contributed by atoms with Gasteiger partial charge in [0.25, 0.3) is 5.91 Å². The van der Waals surface area contributed by atoms with E-state index in [2.05, 4.69) is 10.6 Å². The van der Waals surface area contributed by atoms with Gasteiger partial charge in [-0.25, -0.2) is 4.79 Å². The zero-order valence-electron chi connectivity index (χ0n) is 12.1. The van der Waals surface area contributed by atoms with Gasteiger partial charge in [0.15, 0.2) is 0 Å². The Bertz CT molecular complexity index is 528. The minimum atomic E-state index is -0.511. The third-order valence-electron chi connectivity index (χ3n) is 3.16. The molecule has 1 aromatic rings. The summed E-state index contributed by atoms with van der Waals surface area (Å²) in [5.74, 6) is -0.357. The minimum Gasteiger partial charge on any atom is -0.350 e. The first kappa shape index (κ1) is 15.5. The predicted octanol–water partition coefficient (Wildman–Crippen LogP) is 1.33. The molecule has 2 heterocycles. The number of nitrogens with zero attached hydrogens (tertiary/aromatic N) is 1. The fourth-order valence-electron chi connectivity index (χ4n) is 2.16. The SMILES string of the molecule is CC(C)C[C@H]1NC(=O)N(CC(=O)NCc2cccs2)C1=O. The molecular weight excluding hydrogens is 290 g/mol. The van der Waals surface area contributed by atoms with E-state index >= 15 is 0 Å². The third kappa shape index (κ3) is 4.04. The first-order chi connectivity index (χ1) is 9.97. The molecule has 114 valence electrons. The molecule has 6 nitrogen and oxygen atoms in total. The summed E-state index contributed by atoms with van der Waals surface area (Å²) in [6.45, 7) is 4.14. The van der Waals surface area contributed by atoms with Crippen LogP contribution in [0.4, 0.5) is 4.79 Å². The van der Waals surface area contributed by atoms with Crippen molar-refractivity contribution >= 4 is 29.2 Å². The molecule has 4 amide bonds. The fraction of sp³-hybridized carbons (Fsp3) is 0.500. The molecule has 0 unspecified atom stereocenters. The number of hydrogen-bond acceptors (Lipinski definition) is 4. The van der Waals surface area contributed by atoms with Crippen LogP contribution in [-0.4, -0.2) is 35.3 Å². The van der Waals surface area contributed by atoms with Gasteiger partial charge in [-0.3, -0.25) is 14.5 Å². The number of carbonyl (C=O) groups excluding carboxylic acids is 3. The van der Waals surface area contributed by atoms with E-state index in [0.29, 0.717) is 18.9 Å². The summed E-state index contributed by atoms with van der Waals surface area (Å²) in [4.78, 5) is 37.7. The normalized spacial score (nSPS) is 18.2. The lowest BCUT2D eigenvalue weighted by Gasteiger charge is -2.13. The summed E-state index contributed by atoms with van der Waals surface area (Å²) in [5, 5.41) is 7.25. The Kier molecular flexibility index (Phi) is 4.95. The van der Waals surface area contributed by atoms with Gasteiger partial charge in [0.2, 0.25) is 5.91 Å².